The molecule has 1 aromatic carbocycles. The molecule has 0 aromatic heterocycles. The lowest BCUT2D eigenvalue weighted by molar-refractivity contribution is 0.275. The summed E-state index contributed by atoms with van der Waals surface area (Å²) in [5.74, 6) is 0.790. The average molecular weight is 313 g/mol. The van der Waals surface area contributed by atoms with Crippen molar-refractivity contribution in [3.05, 3.63) is 29.3 Å². The molecule has 2 atom stereocenters. The number of nitrogens with zero attached hydrogens (tertiary/aromatic N) is 1. The van der Waals surface area contributed by atoms with Gasteiger partial charge in [-0.1, -0.05) is 5.16 Å². The summed E-state index contributed by atoms with van der Waals surface area (Å²) in [6, 6.07) is 5.48. The quantitative estimate of drug-likeness (QED) is 0.247. The molecule has 0 radical (unpaired) electrons. The first-order valence-electron chi connectivity index (χ1n) is 6.59. The Balaban J connectivity index is 2.85. The van der Waals surface area contributed by atoms with Gasteiger partial charge in [0.25, 0.3) is 0 Å². The van der Waals surface area contributed by atoms with Gasteiger partial charge in [0.2, 0.25) is 0 Å². The van der Waals surface area contributed by atoms with E-state index < -0.39 is 0 Å². The fraction of sp³-hybridized carbons (Fsp3) is 0.500. The van der Waals surface area contributed by atoms with Crippen molar-refractivity contribution in [1.82, 2.24) is 5.32 Å². The minimum atomic E-state index is 0.0595. The monoisotopic (exact) mass is 313 g/mol. The molecule has 6 nitrogen and oxygen atoms in total. The van der Waals surface area contributed by atoms with Gasteiger partial charge in [0, 0.05) is 29.0 Å². The summed E-state index contributed by atoms with van der Waals surface area (Å²) in [5.41, 5.74) is 7.14. The van der Waals surface area contributed by atoms with E-state index in [-0.39, 0.29) is 23.7 Å². The number of oxime groups is 1. The van der Waals surface area contributed by atoms with Crippen LogP contribution in [0.5, 0.6) is 5.75 Å². The lowest BCUT2D eigenvalue weighted by atomic mass is 10.1. The molecule has 0 heterocycles. The highest BCUT2D eigenvalue weighted by atomic mass is 32.2. The minimum Gasteiger partial charge on any atom is -0.496 e. The summed E-state index contributed by atoms with van der Waals surface area (Å²) in [6.07, 6.45) is 1.97. The molecule has 21 heavy (non-hydrogen) atoms. The van der Waals surface area contributed by atoms with Crippen LogP contribution in [-0.2, 0) is 6.54 Å². The number of amidine groups is 1. The van der Waals surface area contributed by atoms with E-state index in [1.165, 1.54) is 0 Å². The van der Waals surface area contributed by atoms with Gasteiger partial charge in [-0.25, -0.2) is 0 Å². The van der Waals surface area contributed by atoms with E-state index in [2.05, 4.69) is 10.5 Å². The Labute approximate surface area is 129 Å². The first kappa shape index (κ1) is 17.6. The van der Waals surface area contributed by atoms with E-state index in [0.717, 1.165) is 11.3 Å². The van der Waals surface area contributed by atoms with Crippen LogP contribution in [0.1, 0.15) is 18.1 Å². The molecular weight excluding hydrogens is 290 g/mol. The highest BCUT2D eigenvalue weighted by Gasteiger charge is 2.15. The Morgan fingerprint density at radius 3 is 2.76 bits per heavy atom. The van der Waals surface area contributed by atoms with Crippen LogP contribution in [0.4, 0.5) is 0 Å². The zero-order chi connectivity index (χ0) is 15.8. The van der Waals surface area contributed by atoms with Gasteiger partial charge < -0.3 is 26.1 Å². The maximum Gasteiger partial charge on any atom is 0.170 e. The van der Waals surface area contributed by atoms with Gasteiger partial charge in [0.05, 0.1) is 13.7 Å². The maximum absolute atomic E-state index is 9.30. The molecule has 0 aliphatic heterocycles. The zero-order valence-electron chi connectivity index (χ0n) is 12.5. The molecule has 0 amide bonds. The number of methoxy groups -OCH3 is 1. The van der Waals surface area contributed by atoms with Crippen LogP contribution in [0.2, 0.25) is 0 Å². The fourth-order valence-electron chi connectivity index (χ4n) is 1.97. The molecule has 0 aliphatic carbocycles. The number of benzene rings is 1. The van der Waals surface area contributed by atoms with Crippen LogP contribution in [0.3, 0.4) is 0 Å². The van der Waals surface area contributed by atoms with Crippen molar-refractivity contribution in [2.45, 2.75) is 24.8 Å². The third-order valence-corrected chi connectivity index (χ3v) is 4.50. The number of ether oxygens (including phenoxy) is 1. The van der Waals surface area contributed by atoms with Gasteiger partial charge in [0.15, 0.2) is 5.84 Å². The Kier molecular flexibility index (Phi) is 7.35. The number of nitrogens with one attached hydrogen (secondary N) is 1. The molecule has 0 fully saturated rings. The van der Waals surface area contributed by atoms with E-state index in [1.807, 2.05) is 19.2 Å². The van der Waals surface area contributed by atoms with Crippen molar-refractivity contribution in [3.8, 4) is 5.75 Å². The van der Waals surface area contributed by atoms with Gasteiger partial charge in [-0.15, -0.1) is 0 Å². The molecular formula is C14H23N3O3S. The second-order valence-electron chi connectivity index (χ2n) is 4.64. The van der Waals surface area contributed by atoms with E-state index in [4.69, 9.17) is 15.7 Å². The van der Waals surface area contributed by atoms with Crippen molar-refractivity contribution in [2.75, 3.05) is 20.0 Å². The second-order valence-corrected chi connectivity index (χ2v) is 5.72. The summed E-state index contributed by atoms with van der Waals surface area (Å²) < 4.78 is 5.32. The Morgan fingerprint density at radius 2 is 2.24 bits per heavy atom. The van der Waals surface area contributed by atoms with E-state index in [9.17, 15) is 5.11 Å². The molecule has 0 saturated heterocycles. The van der Waals surface area contributed by atoms with Crippen LogP contribution in [0.25, 0.3) is 0 Å². The molecule has 5 N–H and O–H groups in total. The molecule has 118 valence electrons. The van der Waals surface area contributed by atoms with Crippen molar-refractivity contribution in [3.63, 3.8) is 0 Å². The number of thioether (sulfide) groups is 1. The summed E-state index contributed by atoms with van der Waals surface area (Å²) >= 11 is 1.62. The topological polar surface area (TPSA) is 100 Å². The first-order chi connectivity index (χ1) is 10.1. The van der Waals surface area contributed by atoms with Crippen LogP contribution in [0, 0.1) is 0 Å². The first-order valence-corrected chi connectivity index (χ1v) is 7.88. The van der Waals surface area contributed by atoms with Gasteiger partial charge in [-0.2, -0.15) is 11.8 Å². The number of aliphatic hydroxyl groups excluding tert-OH is 1. The number of rotatable bonds is 8. The maximum atomic E-state index is 9.30. The molecule has 2 unspecified atom stereocenters. The standard InChI is InChI=1S/C14H23N3O3S/c1-9(13(8-18)21-3)16-7-11-6-10(14(15)17-19)4-5-12(11)20-2/h4-6,9,13,16,18-19H,7-8H2,1-3H3,(H2,15,17). The Hall–Kier alpha value is -1.44. The average Bonchev–Trinajstić information content (AvgIpc) is 2.52. The van der Waals surface area contributed by atoms with Gasteiger partial charge in [-0.3, -0.25) is 0 Å². The largest absolute Gasteiger partial charge is 0.496 e. The fourth-order valence-corrected chi connectivity index (χ4v) is 2.63. The van der Waals surface area contributed by atoms with Crippen molar-refractivity contribution < 1.29 is 15.1 Å². The normalized spacial score (nSPS) is 14.8. The lowest BCUT2D eigenvalue weighted by Gasteiger charge is -2.22. The highest BCUT2D eigenvalue weighted by Crippen LogP contribution is 2.20. The van der Waals surface area contributed by atoms with E-state index in [0.29, 0.717) is 12.1 Å². The molecule has 7 heteroatoms. The molecule has 1 aromatic rings. The van der Waals surface area contributed by atoms with E-state index in [1.54, 1.807) is 31.0 Å². The van der Waals surface area contributed by atoms with Crippen molar-refractivity contribution >= 4 is 17.6 Å². The SMILES string of the molecule is COc1ccc(/C(N)=N/O)cc1CNC(C)C(CO)SC. The molecule has 0 aliphatic rings. The minimum absolute atomic E-state index is 0.0595. The molecule has 1 rings (SSSR count). The van der Waals surface area contributed by atoms with Crippen molar-refractivity contribution in [1.29, 1.82) is 0 Å². The summed E-state index contributed by atoms with van der Waals surface area (Å²) in [4.78, 5) is 0. The van der Waals surface area contributed by atoms with Gasteiger partial charge >= 0.3 is 0 Å². The van der Waals surface area contributed by atoms with Gasteiger partial charge in [0.1, 0.15) is 5.75 Å². The van der Waals surface area contributed by atoms with Gasteiger partial charge in [-0.05, 0) is 31.4 Å². The molecule has 0 bridgehead atoms. The van der Waals surface area contributed by atoms with Crippen LogP contribution < -0.4 is 15.8 Å². The predicted molar refractivity (Wildman–Crippen MR) is 86.2 cm³/mol. The Morgan fingerprint density at radius 1 is 1.52 bits per heavy atom. The number of nitrogens with two attached hydrogens (primary N) is 1. The van der Waals surface area contributed by atoms with E-state index >= 15 is 0 Å². The molecule has 0 spiro atoms. The third kappa shape index (κ3) is 4.80. The smallest absolute Gasteiger partial charge is 0.170 e. The van der Waals surface area contributed by atoms with Crippen molar-refractivity contribution in [2.24, 2.45) is 10.9 Å². The summed E-state index contributed by atoms with van der Waals surface area (Å²) in [6.45, 7) is 2.71. The lowest BCUT2D eigenvalue weighted by Crippen LogP contribution is -2.37. The number of aliphatic hydroxyl groups is 1. The van der Waals surface area contributed by atoms with Crippen LogP contribution >= 0.6 is 11.8 Å². The summed E-state index contributed by atoms with van der Waals surface area (Å²) in [7, 11) is 1.60. The molecule has 0 saturated carbocycles. The van der Waals surface area contributed by atoms with Crippen LogP contribution in [0.15, 0.2) is 23.4 Å². The predicted octanol–water partition coefficient (Wildman–Crippen LogP) is 0.992. The highest BCUT2D eigenvalue weighted by molar-refractivity contribution is 7.99. The third-order valence-electron chi connectivity index (χ3n) is 3.34. The van der Waals surface area contributed by atoms with Crippen LogP contribution in [-0.4, -0.2) is 47.4 Å². The summed E-state index contributed by atoms with van der Waals surface area (Å²) in [5, 5.41) is 24.5. The number of hydrogen-bond acceptors (Lipinski definition) is 6. The zero-order valence-corrected chi connectivity index (χ0v) is 13.4. The second kappa shape index (κ2) is 8.76. The number of hydrogen-bond donors (Lipinski definition) is 4. The Bertz CT molecular complexity index is 479.